The van der Waals surface area contributed by atoms with Gasteiger partial charge in [-0.25, -0.2) is 4.57 Å². The maximum absolute atomic E-state index is 11.9. The number of halogens is 1. The molecular weight excluding hydrogens is 276 g/mol. The number of aryl methyl sites for hydroxylation is 1. The average molecular weight is 293 g/mol. The van der Waals surface area contributed by atoms with E-state index in [0.717, 1.165) is 5.75 Å². The number of benzene rings is 1. The van der Waals surface area contributed by atoms with Crippen LogP contribution >= 0.6 is 0 Å². The van der Waals surface area contributed by atoms with Crippen molar-refractivity contribution in [3.05, 3.63) is 54.4 Å². The third-order valence-electron chi connectivity index (χ3n) is 2.74. The molecule has 0 saturated carbocycles. The van der Waals surface area contributed by atoms with Crippen LogP contribution in [-0.2, 0) is 7.05 Å². The van der Waals surface area contributed by atoms with Crippen LogP contribution in [0.25, 0.3) is 0 Å². The summed E-state index contributed by atoms with van der Waals surface area (Å²) in [6.45, 7) is 0.362. The van der Waals surface area contributed by atoms with Crippen molar-refractivity contribution in [2.75, 3.05) is 12.3 Å². The number of ether oxygens (including phenoxy) is 1. The number of nitrogen functional groups attached to an aromatic ring is 1. The van der Waals surface area contributed by atoms with Gasteiger partial charge >= 0.3 is 0 Å². The molecule has 5 heteroatoms. The summed E-state index contributed by atoms with van der Waals surface area (Å²) in [6.07, 6.45) is 4.06. The van der Waals surface area contributed by atoms with Crippen molar-refractivity contribution >= 4 is 11.5 Å². The number of hydrogen-bond acceptors (Lipinski definition) is 3. The van der Waals surface area contributed by atoms with E-state index in [1.165, 1.54) is 0 Å². The van der Waals surface area contributed by atoms with E-state index in [4.69, 9.17) is 10.5 Å². The van der Waals surface area contributed by atoms with Crippen molar-refractivity contribution in [1.29, 1.82) is 0 Å². The van der Waals surface area contributed by atoms with Gasteiger partial charge in [-0.1, -0.05) is 0 Å². The SMILES string of the molecule is C[n+]1cccc(C(=O)CCOc2ccc(N)cc2)c1.[Cl-]. The molecular formula is C15H17ClN2O2. The van der Waals surface area contributed by atoms with Crippen molar-refractivity contribution in [3.8, 4) is 5.75 Å². The molecule has 1 aromatic carbocycles. The van der Waals surface area contributed by atoms with Crippen LogP contribution < -0.4 is 27.4 Å². The molecule has 2 N–H and O–H groups in total. The molecule has 0 unspecified atom stereocenters. The lowest BCUT2D eigenvalue weighted by Crippen LogP contribution is -3.00. The van der Waals surface area contributed by atoms with Crippen molar-refractivity contribution < 1.29 is 26.5 Å². The van der Waals surface area contributed by atoms with Gasteiger partial charge in [-0.2, -0.15) is 0 Å². The number of carbonyl (C=O) groups excluding carboxylic acids is 1. The second-order valence-corrected chi connectivity index (χ2v) is 4.35. The molecule has 0 aliphatic carbocycles. The minimum Gasteiger partial charge on any atom is -1.00 e. The molecule has 0 atom stereocenters. The summed E-state index contributed by atoms with van der Waals surface area (Å²) in [5.41, 5.74) is 6.98. The van der Waals surface area contributed by atoms with Crippen LogP contribution in [-0.4, -0.2) is 12.4 Å². The maximum Gasteiger partial charge on any atom is 0.179 e. The Kier molecular flexibility index (Phi) is 6.00. The highest BCUT2D eigenvalue weighted by atomic mass is 35.5. The van der Waals surface area contributed by atoms with Gasteiger partial charge < -0.3 is 22.9 Å². The third kappa shape index (κ3) is 4.55. The van der Waals surface area contributed by atoms with Gasteiger partial charge in [0.05, 0.1) is 12.2 Å². The molecule has 0 aliphatic rings. The van der Waals surface area contributed by atoms with Crippen LogP contribution in [0.1, 0.15) is 16.8 Å². The first-order valence-corrected chi connectivity index (χ1v) is 6.12. The summed E-state index contributed by atoms with van der Waals surface area (Å²) in [5.74, 6) is 0.798. The molecule has 0 spiro atoms. The fourth-order valence-electron chi connectivity index (χ4n) is 1.72. The fourth-order valence-corrected chi connectivity index (χ4v) is 1.72. The lowest BCUT2D eigenvalue weighted by atomic mass is 10.1. The maximum atomic E-state index is 11.9. The molecule has 2 aromatic rings. The summed E-state index contributed by atoms with van der Waals surface area (Å²) in [5, 5.41) is 0. The molecule has 1 heterocycles. The smallest absolute Gasteiger partial charge is 0.179 e. The van der Waals surface area contributed by atoms with E-state index in [1.807, 2.05) is 36.1 Å². The Balaban J connectivity index is 0.00000200. The van der Waals surface area contributed by atoms with Gasteiger partial charge in [0.15, 0.2) is 18.2 Å². The van der Waals surface area contributed by atoms with Crippen molar-refractivity contribution in [2.24, 2.45) is 7.05 Å². The van der Waals surface area contributed by atoms with E-state index in [1.54, 1.807) is 24.3 Å². The molecule has 20 heavy (non-hydrogen) atoms. The second kappa shape index (κ2) is 7.50. The number of hydrogen-bond donors (Lipinski definition) is 1. The van der Waals surface area contributed by atoms with Crippen molar-refractivity contribution in [1.82, 2.24) is 0 Å². The van der Waals surface area contributed by atoms with E-state index in [2.05, 4.69) is 0 Å². The molecule has 0 fully saturated rings. The molecule has 4 nitrogen and oxygen atoms in total. The zero-order valence-electron chi connectivity index (χ0n) is 11.3. The molecule has 106 valence electrons. The number of nitrogens with zero attached hydrogens (tertiary/aromatic N) is 1. The number of nitrogens with two attached hydrogens (primary N) is 1. The number of pyridine rings is 1. The van der Waals surface area contributed by atoms with Gasteiger partial charge in [-0.05, 0) is 30.3 Å². The Labute approximate surface area is 124 Å². The normalized spacial score (nSPS) is 9.65. The zero-order valence-corrected chi connectivity index (χ0v) is 12.0. The first-order valence-electron chi connectivity index (χ1n) is 6.12. The fraction of sp³-hybridized carbons (Fsp3) is 0.200. The average Bonchev–Trinajstić information content (AvgIpc) is 2.41. The molecule has 2 rings (SSSR count). The highest BCUT2D eigenvalue weighted by molar-refractivity contribution is 5.95. The summed E-state index contributed by atoms with van der Waals surface area (Å²) < 4.78 is 7.36. The standard InChI is InChI=1S/C15H17N2O2.ClH/c1-17-9-2-3-12(11-17)15(18)8-10-19-14-6-4-13(16)5-7-14;/h2-7,9,11H,8,10,16H2,1H3;1H/q+1;/p-1. The summed E-state index contributed by atoms with van der Waals surface area (Å²) in [6, 6.07) is 10.8. The number of ketones is 1. The Bertz CT molecular complexity index is 570. The van der Waals surface area contributed by atoms with E-state index in [0.29, 0.717) is 24.3 Å². The number of aromatic nitrogens is 1. The van der Waals surface area contributed by atoms with E-state index in [-0.39, 0.29) is 18.2 Å². The largest absolute Gasteiger partial charge is 1.00 e. The molecule has 0 saturated heterocycles. The number of rotatable bonds is 5. The van der Waals surface area contributed by atoms with E-state index >= 15 is 0 Å². The molecule has 0 amide bonds. The highest BCUT2D eigenvalue weighted by Crippen LogP contribution is 2.13. The van der Waals surface area contributed by atoms with Crippen LogP contribution in [0.15, 0.2) is 48.8 Å². The lowest BCUT2D eigenvalue weighted by Gasteiger charge is -2.05. The first-order chi connectivity index (χ1) is 9.15. The van der Waals surface area contributed by atoms with Gasteiger partial charge in [0.25, 0.3) is 0 Å². The monoisotopic (exact) mass is 292 g/mol. The Morgan fingerprint density at radius 2 is 1.95 bits per heavy atom. The topological polar surface area (TPSA) is 56.2 Å². The van der Waals surface area contributed by atoms with Gasteiger partial charge in [-0.15, -0.1) is 0 Å². The van der Waals surface area contributed by atoms with Crippen molar-refractivity contribution in [3.63, 3.8) is 0 Å². The predicted octanol–water partition coefficient (Wildman–Crippen LogP) is -1.25. The minimum absolute atomic E-state index is 0. The van der Waals surface area contributed by atoms with Gasteiger partial charge in [0, 0.05) is 18.2 Å². The molecule has 1 aromatic heterocycles. The number of carbonyl (C=O) groups is 1. The van der Waals surface area contributed by atoms with Gasteiger partial charge in [0.1, 0.15) is 12.8 Å². The van der Waals surface area contributed by atoms with Crippen LogP contribution in [0.4, 0.5) is 5.69 Å². The third-order valence-corrected chi connectivity index (χ3v) is 2.74. The number of anilines is 1. The Hall–Kier alpha value is -2.07. The predicted molar refractivity (Wildman–Crippen MR) is 72.9 cm³/mol. The first kappa shape index (κ1) is 16.0. The van der Waals surface area contributed by atoms with Crippen LogP contribution in [0.2, 0.25) is 0 Å². The molecule has 0 aliphatic heterocycles. The summed E-state index contributed by atoms with van der Waals surface area (Å²) in [4.78, 5) is 11.9. The second-order valence-electron chi connectivity index (χ2n) is 4.35. The highest BCUT2D eigenvalue weighted by Gasteiger charge is 2.09. The Morgan fingerprint density at radius 1 is 1.25 bits per heavy atom. The molecule has 0 radical (unpaired) electrons. The molecule has 0 bridgehead atoms. The quantitative estimate of drug-likeness (QED) is 0.426. The minimum atomic E-state index is 0. The van der Waals surface area contributed by atoms with Crippen LogP contribution in [0.3, 0.4) is 0 Å². The van der Waals surface area contributed by atoms with Crippen LogP contribution in [0, 0.1) is 0 Å². The van der Waals surface area contributed by atoms with Crippen LogP contribution in [0.5, 0.6) is 5.75 Å². The summed E-state index contributed by atoms with van der Waals surface area (Å²) in [7, 11) is 1.89. The van der Waals surface area contributed by atoms with E-state index in [9.17, 15) is 4.79 Å². The summed E-state index contributed by atoms with van der Waals surface area (Å²) >= 11 is 0. The lowest BCUT2D eigenvalue weighted by molar-refractivity contribution is -0.671. The van der Waals surface area contributed by atoms with E-state index < -0.39 is 0 Å². The van der Waals surface area contributed by atoms with Gasteiger partial charge in [0.2, 0.25) is 0 Å². The van der Waals surface area contributed by atoms with Crippen molar-refractivity contribution in [2.45, 2.75) is 6.42 Å². The number of Topliss-reactive ketones (excluding diaryl/α,β-unsaturated/α-hetero) is 1. The zero-order chi connectivity index (χ0) is 13.7. The Morgan fingerprint density at radius 3 is 2.60 bits per heavy atom. The van der Waals surface area contributed by atoms with Gasteiger partial charge in [-0.3, -0.25) is 4.79 Å².